The van der Waals surface area contributed by atoms with Gasteiger partial charge in [-0.3, -0.25) is 4.79 Å². The number of hydrogen-bond acceptors (Lipinski definition) is 2. The van der Waals surface area contributed by atoms with Gasteiger partial charge in [-0.1, -0.05) is 42.5 Å². The Labute approximate surface area is 252 Å². The maximum absolute atomic E-state index is 13.6. The quantitative estimate of drug-likeness (QED) is 0.280. The maximum atomic E-state index is 13.6. The van der Waals surface area contributed by atoms with Crippen LogP contribution in [-0.2, 0) is 22.7 Å². The lowest BCUT2D eigenvalue weighted by atomic mass is 9.73. The summed E-state index contributed by atoms with van der Waals surface area (Å²) in [4.78, 5) is 16.0. The number of rotatable bonds is 6. The predicted molar refractivity (Wildman–Crippen MR) is 153 cm³/mol. The highest BCUT2D eigenvalue weighted by Gasteiger charge is 2.42. The maximum Gasteiger partial charge on any atom is 0.416 e. The Bertz CT molecular complexity index is 1390. The van der Waals surface area contributed by atoms with Gasteiger partial charge >= 0.3 is 12.4 Å². The van der Waals surface area contributed by atoms with Crippen LogP contribution in [0.1, 0.15) is 85.1 Å². The molecule has 1 atom stereocenters. The topological polar surface area (TPSA) is 32.3 Å². The fourth-order valence-electron chi connectivity index (χ4n) is 6.76. The van der Waals surface area contributed by atoms with Gasteiger partial charge in [-0.05, 0) is 111 Å². The van der Waals surface area contributed by atoms with E-state index >= 15 is 0 Å². The molecule has 10 heteroatoms. The molecule has 2 fully saturated rings. The zero-order valence-corrected chi connectivity index (χ0v) is 24.3. The smallest absolute Gasteiger partial charge is 0.346 e. The summed E-state index contributed by atoms with van der Waals surface area (Å²) in [6, 6.07) is 17.6. The number of alkyl halides is 6. The Hall–Kier alpha value is -3.40. The largest absolute Gasteiger partial charge is 0.416 e. The number of amides is 1. The molecule has 1 saturated carbocycles. The van der Waals surface area contributed by atoms with E-state index in [1.807, 2.05) is 42.5 Å². The first-order chi connectivity index (χ1) is 20.7. The van der Waals surface area contributed by atoms with Crippen LogP contribution in [0, 0.1) is 5.82 Å². The van der Waals surface area contributed by atoms with Crippen molar-refractivity contribution in [1.29, 1.82) is 0 Å². The summed E-state index contributed by atoms with van der Waals surface area (Å²) in [5.41, 5.74) is -2.03. The summed E-state index contributed by atoms with van der Waals surface area (Å²) in [6.07, 6.45) is -5.39. The number of hydrogen-bond donors (Lipinski definition) is 1. The third-order valence-corrected chi connectivity index (χ3v) is 9.39. The number of nitrogens with zero attached hydrogens (tertiary/aromatic N) is 1. The van der Waals surface area contributed by atoms with E-state index in [2.05, 4.69) is 10.2 Å². The second-order valence-electron chi connectivity index (χ2n) is 12.1. The fraction of sp³-hybridized carbons (Fsp3) is 0.441. The molecule has 0 spiro atoms. The zero-order chi connectivity index (χ0) is 31.7. The lowest BCUT2D eigenvalue weighted by Gasteiger charge is -2.46. The number of benzene rings is 3. The van der Waals surface area contributed by atoms with E-state index in [0.717, 1.165) is 49.9 Å². The van der Waals surface area contributed by atoms with E-state index in [0.29, 0.717) is 30.9 Å². The molecule has 236 valence electrons. The molecule has 44 heavy (non-hydrogen) atoms. The molecule has 2 aliphatic rings. The summed E-state index contributed by atoms with van der Waals surface area (Å²) < 4.78 is 94.3. The normalized spacial score (nSPS) is 22.9. The Morgan fingerprint density at radius 2 is 1.36 bits per heavy atom. The molecular formula is C34H35F7N2O. The molecule has 1 aliphatic carbocycles. The zero-order valence-electron chi connectivity index (χ0n) is 24.3. The molecule has 0 radical (unpaired) electrons. The summed E-state index contributed by atoms with van der Waals surface area (Å²) in [5.74, 6) is -1.76. The second kappa shape index (κ2) is 12.5. The average molecular weight is 621 g/mol. The van der Waals surface area contributed by atoms with E-state index in [1.165, 1.54) is 19.1 Å². The van der Waals surface area contributed by atoms with Crippen LogP contribution in [0.5, 0.6) is 0 Å². The first-order valence-corrected chi connectivity index (χ1v) is 14.9. The Morgan fingerprint density at radius 3 is 1.89 bits per heavy atom. The molecule has 1 heterocycles. The number of likely N-dealkylation sites (tertiary alicyclic amines) is 1. The third-order valence-electron chi connectivity index (χ3n) is 9.39. The van der Waals surface area contributed by atoms with Crippen LogP contribution in [-0.4, -0.2) is 29.9 Å². The van der Waals surface area contributed by atoms with Crippen molar-refractivity contribution < 1.29 is 35.5 Å². The minimum absolute atomic E-state index is 0.0727. The minimum Gasteiger partial charge on any atom is -0.346 e. The van der Waals surface area contributed by atoms with E-state index in [4.69, 9.17) is 0 Å². The second-order valence-corrected chi connectivity index (χ2v) is 12.1. The van der Waals surface area contributed by atoms with Crippen molar-refractivity contribution >= 4 is 5.91 Å². The summed E-state index contributed by atoms with van der Waals surface area (Å²) >= 11 is 0. The van der Waals surface area contributed by atoms with Gasteiger partial charge < -0.3 is 10.2 Å². The van der Waals surface area contributed by atoms with Crippen molar-refractivity contribution in [2.75, 3.05) is 13.1 Å². The van der Waals surface area contributed by atoms with E-state index in [9.17, 15) is 35.5 Å². The first kappa shape index (κ1) is 32.0. The molecule has 3 aromatic rings. The van der Waals surface area contributed by atoms with Crippen LogP contribution >= 0.6 is 0 Å². The molecule has 0 bridgehead atoms. The Morgan fingerprint density at radius 1 is 0.818 bits per heavy atom. The van der Waals surface area contributed by atoms with Gasteiger partial charge in [-0.25, -0.2) is 4.39 Å². The molecule has 1 aliphatic heterocycles. The fourth-order valence-corrected chi connectivity index (χ4v) is 6.76. The third kappa shape index (κ3) is 7.11. The highest BCUT2D eigenvalue weighted by molar-refractivity contribution is 5.84. The van der Waals surface area contributed by atoms with Gasteiger partial charge in [0.25, 0.3) is 0 Å². The minimum atomic E-state index is -5.00. The number of carbonyl (C=O) groups excluding carboxylic acids is 1. The van der Waals surface area contributed by atoms with Crippen molar-refractivity contribution in [2.45, 2.75) is 81.2 Å². The van der Waals surface area contributed by atoms with Crippen molar-refractivity contribution in [1.82, 2.24) is 10.2 Å². The van der Waals surface area contributed by atoms with Gasteiger partial charge in [0.15, 0.2) is 0 Å². The van der Waals surface area contributed by atoms with Crippen molar-refractivity contribution in [3.63, 3.8) is 0 Å². The van der Waals surface area contributed by atoms with Crippen molar-refractivity contribution in [3.05, 3.63) is 106 Å². The molecule has 1 saturated heterocycles. The Kier molecular flexibility index (Phi) is 9.12. The molecule has 0 aromatic heterocycles. The summed E-state index contributed by atoms with van der Waals surface area (Å²) in [7, 11) is 0. The van der Waals surface area contributed by atoms with Gasteiger partial charge in [0, 0.05) is 6.04 Å². The van der Waals surface area contributed by atoms with Gasteiger partial charge in [-0.2, -0.15) is 26.3 Å². The standard InChI is InChI=1S/C34H35F7N2O/c1-22(25-19-27(33(36,37)38)21-28(20-25)34(39,40)41)31(44)42-32(26-5-3-2-4-6-26)15-11-30(12-16-32)43-17-13-24(14-18-43)23-7-9-29(35)10-8-23/h2-10,19-22,24,30H,11-18H2,1H3,(H,42,44)/t22?,30-,32-. The van der Waals surface area contributed by atoms with Gasteiger partial charge in [0.1, 0.15) is 5.82 Å². The van der Waals surface area contributed by atoms with Gasteiger partial charge in [0.05, 0.1) is 22.6 Å². The SMILES string of the molecule is CC(C(=O)N[C@]1(c2ccccc2)CC[C@@H](N2CCC(c3ccc(F)cc3)CC2)CC1)c1cc(C(F)(F)F)cc(C(F)(F)F)c1. The number of nitrogens with one attached hydrogen (secondary N) is 1. The van der Waals surface area contributed by atoms with E-state index < -0.39 is 40.8 Å². The molecule has 1 amide bonds. The lowest BCUT2D eigenvalue weighted by Crippen LogP contribution is -2.53. The van der Waals surface area contributed by atoms with Crippen LogP contribution < -0.4 is 5.32 Å². The molecule has 5 rings (SSSR count). The van der Waals surface area contributed by atoms with Gasteiger partial charge in [0.2, 0.25) is 5.91 Å². The molecule has 3 aromatic carbocycles. The monoisotopic (exact) mass is 620 g/mol. The van der Waals surface area contributed by atoms with Crippen molar-refractivity contribution in [3.8, 4) is 0 Å². The molecule has 1 unspecified atom stereocenters. The molecule has 3 nitrogen and oxygen atoms in total. The van der Waals surface area contributed by atoms with Crippen molar-refractivity contribution in [2.24, 2.45) is 0 Å². The number of carbonyl (C=O) groups is 1. The predicted octanol–water partition coefficient (Wildman–Crippen LogP) is 8.80. The number of halogens is 7. The van der Waals surface area contributed by atoms with Gasteiger partial charge in [-0.15, -0.1) is 0 Å². The number of piperidine rings is 1. The summed E-state index contributed by atoms with van der Waals surface area (Å²) in [5, 5.41) is 3.07. The van der Waals surface area contributed by atoms with Crippen LogP contribution in [0.3, 0.4) is 0 Å². The van der Waals surface area contributed by atoms with Crippen LogP contribution in [0.15, 0.2) is 72.8 Å². The molecule has 1 N–H and O–H groups in total. The van der Waals surface area contributed by atoms with Crippen LogP contribution in [0.25, 0.3) is 0 Å². The van der Waals surface area contributed by atoms with E-state index in [-0.39, 0.29) is 23.5 Å². The van der Waals surface area contributed by atoms with E-state index in [1.54, 1.807) is 0 Å². The average Bonchev–Trinajstić information content (AvgIpc) is 3.01. The first-order valence-electron chi connectivity index (χ1n) is 14.9. The highest BCUT2D eigenvalue weighted by atomic mass is 19.4. The summed E-state index contributed by atoms with van der Waals surface area (Å²) in [6.45, 7) is 3.12. The Balaban J connectivity index is 1.30. The van der Waals surface area contributed by atoms with Crippen LogP contribution in [0.2, 0.25) is 0 Å². The lowest BCUT2D eigenvalue weighted by molar-refractivity contribution is -0.143. The van der Waals surface area contributed by atoms with Crippen LogP contribution in [0.4, 0.5) is 30.7 Å². The molecular weight excluding hydrogens is 585 g/mol. The highest BCUT2D eigenvalue weighted by Crippen LogP contribution is 2.42.